The number of hydrogen-bond acceptors (Lipinski definition) is 5. The van der Waals surface area contributed by atoms with Gasteiger partial charge in [-0.1, -0.05) is 19.6 Å². The summed E-state index contributed by atoms with van der Waals surface area (Å²) in [6.45, 7) is 7.72. The van der Waals surface area contributed by atoms with E-state index in [1.165, 1.54) is 4.68 Å². The van der Waals surface area contributed by atoms with Gasteiger partial charge in [-0.15, -0.1) is 0 Å². The lowest BCUT2D eigenvalue weighted by Gasteiger charge is -2.15. The molecule has 2 aromatic heterocycles. The van der Waals surface area contributed by atoms with Gasteiger partial charge in [0.05, 0.1) is 5.69 Å². The molecule has 0 fully saturated rings. The van der Waals surface area contributed by atoms with Crippen molar-refractivity contribution in [1.29, 1.82) is 5.26 Å². The molecule has 0 aliphatic carbocycles. The average molecular weight is 459 g/mol. The number of nitrogens with zero attached hydrogens (tertiary/aromatic N) is 5. The van der Waals surface area contributed by atoms with Crippen LogP contribution in [-0.4, -0.2) is 39.3 Å². The summed E-state index contributed by atoms with van der Waals surface area (Å²) in [7, 11) is 0.648. The fourth-order valence-corrected chi connectivity index (χ4v) is 3.64. The van der Waals surface area contributed by atoms with Gasteiger partial charge < -0.3 is 9.84 Å². The maximum Gasteiger partial charge on any atom is 0.141 e. The monoisotopic (exact) mass is 459 g/mol. The molecule has 1 unspecified atom stereocenters. The molecule has 0 saturated carbocycles. The van der Waals surface area contributed by atoms with Crippen LogP contribution < -0.4 is 0 Å². The molecule has 0 saturated heterocycles. The van der Waals surface area contributed by atoms with Crippen molar-refractivity contribution in [3.8, 4) is 6.07 Å². The first-order valence-electron chi connectivity index (χ1n) is 7.64. The summed E-state index contributed by atoms with van der Waals surface area (Å²) in [5, 5.41) is 28.3. The van der Waals surface area contributed by atoms with E-state index >= 15 is 0 Å². The highest BCUT2D eigenvalue weighted by molar-refractivity contribution is 14.1. The van der Waals surface area contributed by atoms with Crippen molar-refractivity contribution >= 4 is 30.7 Å². The van der Waals surface area contributed by atoms with E-state index in [4.69, 9.17) is 4.74 Å². The van der Waals surface area contributed by atoms with Crippen LogP contribution in [0.3, 0.4) is 0 Å². The Bertz CT molecular complexity index is 744. The van der Waals surface area contributed by atoms with E-state index in [0.29, 0.717) is 27.3 Å². The van der Waals surface area contributed by atoms with Gasteiger partial charge in [0.25, 0.3) is 0 Å². The summed E-state index contributed by atoms with van der Waals surface area (Å²) < 4.78 is 9.49. The van der Waals surface area contributed by atoms with Crippen molar-refractivity contribution in [2.45, 2.75) is 38.5 Å². The normalized spacial score (nSPS) is 13.0. The zero-order valence-corrected chi connectivity index (χ0v) is 17.5. The molecule has 0 amide bonds. The number of rotatable bonds is 7. The first-order chi connectivity index (χ1) is 11.2. The van der Waals surface area contributed by atoms with Gasteiger partial charge in [0.1, 0.15) is 28.3 Å². The molecule has 0 aliphatic heterocycles. The van der Waals surface area contributed by atoms with Gasteiger partial charge in [0.15, 0.2) is 0 Å². The van der Waals surface area contributed by atoms with Gasteiger partial charge in [-0.2, -0.15) is 15.5 Å². The van der Waals surface area contributed by atoms with Crippen molar-refractivity contribution in [2.75, 3.05) is 6.61 Å². The Labute approximate surface area is 156 Å². The standard InChI is InChI=1S/C15H22IN5O2Si/c1-20-9-12(15(16)19-20)14(22)13-7-11(8-17)21(18-13)10-23-5-6-24(2,3)4/h7,9,14,22H,5-6,10H2,1-4H3. The SMILES string of the molecule is Cn1cc(C(O)c2cc(C#N)n(COCC[Si](C)(C)C)n2)c(I)n1. The fraction of sp³-hybridized carbons (Fsp3) is 0.533. The van der Waals surface area contributed by atoms with Crippen molar-refractivity contribution in [3.63, 3.8) is 0 Å². The third kappa shape index (κ3) is 4.89. The van der Waals surface area contributed by atoms with E-state index in [9.17, 15) is 10.4 Å². The summed E-state index contributed by atoms with van der Waals surface area (Å²) in [4.78, 5) is 0. The van der Waals surface area contributed by atoms with Crippen LogP contribution in [0.5, 0.6) is 0 Å². The van der Waals surface area contributed by atoms with Crippen LogP contribution in [0.4, 0.5) is 0 Å². The number of aliphatic hydroxyl groups excluding tert-OH is 1. The van der Waals surface area contributed by atoms with E-state index in [2.05, 4.69) is 58.5 Å². The lowest BCUT2D eigenvalue weighted by atomic mass is 10.1. The molecule has 2 heterocycles. The first kappa shape index (κ1) is 19.1. The minimum Gasteiger partial charge on any atom is -0.382 e. The van der Waals surface area contributed by atoms with E-state index in [0.717, 1.165) is 6.04 Å². The minimum atomic E-state index is -1.15. The molecule has 0 spiro atoms. The molecule has 2 rings (SSSR count). The van der Waals surface area contributed by atoms with Crippen LogP contribution in [-0.2, 0) is 18.5 Å². The van der Waals surface area contributed by atoms with Crippen LogP contribution in [0.2, 0.25) is 25.7 Å². The molecule has 1 N–H and O–H groups in total. The van der Waals surface area contributed by atoms with Crippen molar-refractivity contribution in [2.24, 2.45) is 7.05 Å². The highest BCUT2D eigenvalue weighted by atomic mass is 127. The van der Waals surface area contributed by atoms with Gasteiger partial charge >= 0.3 is 0 Å². The molecule has 0 bridgehead atoms. The second-order valence-corrected chi connectivity index (χ2v) is 13.5. The van der Waals surface area contributed by atoms with Crippen molar-refractivity contribution in [3.05, 3.63) is 32.9 Å². The summed E-state index contributed by atoms with van der Waals surface area (Å²) in [5.41, 5.74) is 1.47. The average Bonchev–Trinajstić information content (AvgIpc) is 3.04. The Balaban J connectivity index is 2.09. The minimum absolute atomic E-state index is 0.213. The maximum atomic E-state index is 10.5. The van der Waals surface area contributed by atoms with Crippen LogP contribution in [0, 0.1) is 15.0 Å². The molecule has 0 radical (unpaired) electrons. The smallest absolute Gasteiger partial charge is 0.141 e. The maximum absolute atomic E-state index is 10.5. The number of aromatic nitrogens is 4. The summed E-state index contributed by atoms with van der Waals surface area (Å²) in [6, 6.07) is 4.74. The van der Waals surface area contributed by atoms with E-state index in [-0.39, 0.29) is 6.73 Å². The summed E-state index contributed by atoms with van der Waals surface area (Å²) in [5.74, 6) is 0. The van der Waals surface area contributed by atoms with Gasteiger partial charge in [-0.3, -0.25) is 4.68 Å². The highest BCUT2D eigenvalue weighted by Crippen LogP contribution is 2.25. The van der Waals surface area contributed by atoms with Gasteiger partial charge in [-0.25, -0.2) is 4.68 Å². The predicted octanol–water partition coefficient (Wildman–Crippen LogP) is 2.49. The Morgan fingerprint density at radius 2 is 2.12 bits per heavy atom. The molecule has 24 heavy (non-hydrogen) atoms. The second kappa shape index (κ2) is 7.77. The number of ether oxygens (including phenoxy) is 1. The molecule has 0 aromatic carbocycles. The number of nitriles is 1. The van der Waals surface area contributed by atoms with Crippen LogP contribution in [0.25, 0.3) is 0 Å². The Morgan fingerprint density at radius 3 is 2.67 bits per heavy atom. The van der Waals surface area contributed by atoms with E-state index in [1.807, 2.05) is 0 Å². The Hall–Kier alpha value is -1.22. The largest absolute Gasteiger partial charge is 0.382 e. The Morgan fingerprint density at radius 1 is 1.42 bits per heavy atom. The molecule has 1 atom stereocenters. The van der Waals surface area contributed by atoms with E-state index in [1.54, 1.807) is 24.0 Å². The first-order valence-corrected chi connectivity index (χ1v) is 12.4. The van der Waals surface area contributed by atoms with Gasteiger partial charge in [-0.05, 0) is 28.6 Å². The highest BCUT2D eigenvalue weighted by Gasteiger charge is 2.21. The van der Waals surface area contributed by atoms with E-state index < -0.39 is 14.2 Å². The van der Waals surface area contributed by atoms with Crippen LogP contribution >= 0.6 is 22.6 Å². The number of aliphatic hydroxyl groups is 1. The van der Waals surface area contributed by atoms with Crippen LogP contribution in [0.1, 0.15) is 23.1 Å². The number of aryl methyl sites for hydroxylation is 1. The van der Waals surface area contributed by atoms with Crippen LogP contribution in [0.15, 0.2) is 12.3 Å². The molecular weight excluding hydrogens is 437 g/mol. The molecule has 0 aliphatic rings. The summed E-state index contributed by atoms with van der Waals surface area (Å²) in [6.07, 6.45) is 0.836. The molecular formula is C15H22IN5O2Si. The van der Waals surface area contributed by atoms with Gasteiger partial charge in [0.2, 0.25) is 0 Å². The summed E-state index contributed by atoms with van der Waals surface area (Å²) >= 11 is 2.07. The van der Waals surface area contributed by atoms with Gasteiger partial charge in [0, 0.05) is 39.6 Å². The predicted molar refractivity (Wildman–Crippen MR) is 101 cm³/mol. The topological polar surface area (TPSA) is 88.9 Å². The zero-order valence-electron chi connectivity index (χ0n) is 14.3. The quantitative estimate of drug-likeness (QED) is 0.391. The molecule has 7 nitrogen and oxygen atoms in total. The zero-order chi connectivity index (χ0) is 17.9. The fourth-order valence-electron chi connectivity index (χ4n) is 2.11. The second-order valence-electron chi connectivity index (χ2n) is 6.87. The number of halogens is 1. The van der Waals surface area contributed by atoms with Crippen molar-refractivity contribution < 1.29 is 9.84 Å². The molecule has 2 aromatic rings. The number of hydrogen-bond donors (Lipinski definition) is 1. The third-order valence-electron chi connectivity index (χ3n) is 3.51. The van der Waals surface area contributed by atoms with Crippen molar-refractivity contribution in [1.82, 2.24) is 19.6 Å². The lowest BCUT2D eigenvalue weighted by molar-refractivity contribution is 0.0768. The lowest BCUT2D eigenvalue weighted by Crippen LogP contribution is -2.22. The molecule has 9 heteroatoms. The molecule has 130 valence electrons. The Kier molecular flexibility index (Phi) is 6.19. The third-order valence-corrected chi connectivity index (χ3v) is 6.05.